The smallest absolute Gasteiger partial charge is 0.179 e. The van der Waals surface area contributed by atoms with Crippen LogP contribution in [0.3, 0.4) is 0 Å². The second-order valence-electron chi connectivity index (χ2n) is 17.9. The minimum Gasteiger partial charge on any atom is -0.455 e. The van der Waals surface area contributed by atoms with Gasteiger partial charge >= 0.3 is 0 Å². The Labute approximate surface area is 347 Å². The summed E-state index contributed by atoms with van der Waals surface area (Å²) in [6.45, 7) is 9.76. The standard InChI is InChI=1S/C56H47NOSi/c1-55(2)34-35-56(3,4)50-37-42(32-33-49(50)55)59(39-19-7-5-8-20-39,40-21-9-6-10-22-40)41-23-15-18-38(36-41)57-51-30-13-11-24-43(51)45-26-16-27-46(53(45)57)48-29-17-28-47-44-25-12-14-31-52(44)58-54(47)48/h5-33,36-37H,34-35H2,1-4H3. The summed E-state index contributed by atoms with van der Waals surface area (Å²) in [5, 5.41) is 10.3. The number of rotatable bonds is 6. The Morgan fingerprint density at radius 1 is 0.441 bits per heavy atom. The third-order valence-electron chi connectivity index (χ3n) is 13.6. The van der Waals surface area contributed by atoms with E-state index in [4.69, 9.17) is 4.42 Å². The zero-order valence-corrected chi connectivity index (χ0v) is 35.2. The zero-order chi connectivity index (χ0) is 39.9. The van der Waals surface area contributed by atoms with Crippen molar-refractivity contribution < 1.29 is 4.42 Å². The summed E-state index contributed by atoms with van der Waals surface area (Å²) in [4.78, 5) is 0. The van der Waals surface area contributed by atoms with E-state index in [9.17, 15) is 0 Å². The van der Waals surface area contributed by atoms with Crippen LogP contribution in [0.25, 0.3) is 60.6 Å². The molecule has 0 N–H and O–H groups in total. The summed E-state index contributed by atoms with van der Waals surface area (Å²) in [7, 11) is -2.91. The second kappa shape index (κ2) is 13.3. The van der Waals surface area contributed by atoms with Crippen LogP contribution in [-0.4, -0.2) is 12.6 Å². The van der Waals surface area contributed by atoms with Gasteiger partial charge in [-0.3, -0.25) is 0 Å². The Hall–Kier alpha value is -6.42. The van der Waals surface area contributed by atoms with Gasteiger partial charge in [0.25, 0.3) is 0 Å². The van der Waals surface area contributed by atoms with Crippen LogP contribution < -0.4 is 20.7 Å². The summed E-state index contributed by atoms with van der Waals surface area (Å²) in [5.74, 6) is 0. The van der Waals surface area contributed by atoms with E-state index in [1.165, 1.54) is 66.5 Å². The highest BCUT2D eigenvalue weighted by atomic mass is 28.3. The molecule has 2 aromatic heterocycles. The Balaban J connectivity index is 1.22. The number of benzene rings is 8. The SMILES string of the molecule is CC1(C)CCC(C)(C)c2cc([Si](c3ccccc3)(c3ccccc3)c3cccc(-n4c5ccccc5c5cccc(-c6cccc7c6oc6ccccc67)c54)c3)ccc21. The fourth-order valence-corrected chi connectivity index (χ4v) is 15.3. The largest absolute Gasteiger partial charge is 0.455 e. The molecule has 59 heavy (non-hydrogen) atoms. The molecule has 2 heterocycles. The highest BCUT2D eigenvalue weighted by Crippen LogP contribution is 2.46. The molecular formula is C56H47NOSi. The molecule has 8 aromatic carbocycles. The van der Waals surface area contributed by atoms with Crippen LogP contribution >= 0.6 is 0 Å². The average Bonchev–Trinajstić information content (AvgIpc) is 3.83. The average molecular weight is 778 g/mol. The lowest BCUT2D eigenvalue weighted by molar-refractivity contribution is 0.332. The molecule has 0 amide bonds. The number of fused-ring (bicyclic) bond motifs is 7. The van der Waals surface area contributed by atoms with E-state index in [2.05, 4.69) is 220 Å². The molecule has 0 aliphatic heterocycles. The Bertz CT molecular complexity index is 3180. The third kappa shape index (κ3) is 5.37. The number of nitrogens with zero attached hydrogens (tertiary/aromatic N) is 1. The van der Waals surface area contributed by atoms with Crippen molar-refractivity contribution in [3.63, 3.8) is 0 Å². The lowest BCUT2D eigenvalue weighted by atomic mass is 9.63. The van der Waals surface area contributed by atoms with Gasteiger partial charge in [-0.1, -0.05) is 191 Å². The molecular weight excluding hydrogens is 731 g/mol. The molecule has 1 aliphatic rings. The van der Waals surface area contributed by atoms with Crippen molar-refractivity contribution in [3.05, 3.63) is 199 Å². The van der Waals surface area contributed by atoms with Crippen LogP contribution in [0.5, 0.6) is 0 Å². The first-order valence-corrected chi connectivity index (χ1v) is 23.1. The van der Waals surface area contributed by atoms with Gasteiger partial charge in [-0.05, 0) is 79.8 Å². The molecule has 0 fully saturated rings. The Kier molecular flexibility index (Phi) is 8.06. The molecule has 0 unspecified atom stereocenters. The monoisotopic (exact) mass is 777 g/mol. The minimum absolute atomic E-state index is 0.0816. The van der Waals surface area contributed by atoms with Crippen LogP contribution in [0.4, 0.5) is 0 Å². The Morgan fingerprint density at radius 2 is 1.00 bits per heavy atom. The van der Waals surface area contributed by atoms with E-state index in [0.717, 1.165) is 38.8 Å². The first-order valence-electron chi connectivity index (χ1n) is 21.1. The molecule has 3 heteroatoms. The van der Waals surface area contributed by atoms with E-state index in [1.807, 2.05) is 0 Å². The molecule has 0 spiro atoms. The molecule has 0 radical (unpaired) electrons. The fourth-order valence-electron chi connectivity index (χ4n) is 10.5. The maximum Gasteiger partial charge on any atom is 0.179 e. The second-order valence-corrected chi connectivity index (χ2v) is 21.7. The summed E-state index contributed by atoms with van der Waals surface area (Å²) in [6.07, 6.45) is 2.37. The molecule has 0 bridgehead atoms. The van der Waals surface area contributed by atoms with Crippen molar-refractivity contribution in [3.8, 4) is 16.8 Å². The van der Waals surface area contributed by atoms with Crippen molar-refractivity contribution >= 4 is 72.6 Å². The fraction of sp³-hybridized carbons (Fsp3) is 0.143. The van der Waals surface area contributed by atoms with Gasteiger partial charge in [0.15, 0.2) is 8.07 Å². The normalized spacial score (nSPS) is 14.9. The third-order valence-corrected chi connectivity index (χ3v) is 18.4. The van der Waals surface area contributed by atoms with Crippen LogP contribution in [0.15, 0.2) is 192 Å². The van der Waals surface area contributed by atoms with Crippen molar-refractivity contribution in [2.75, 3.05) is 0 Å². The van der Waals surface area contributed by atoms with Gasteiger partial charge in [0, 0.05) is 38.4 Å². The van der Waals surface area contributed by atoms with Crippen molar-refractivity contribution in [1.82, 2.24) is 4.57 Å². The molecule has 1 aliphatic carbocycles. The van der Waals surface area contributed by atoms with Gasteiger partial charge in [-0.25, -0.2) is 0 Å². The van der Waals surface area contributed by atoms with Crippen molar-refractivity contribution in [2.24, 2.45) is 0 Å². The van der Waals surface area contributed by atoms with Gasteiger partial charge < -0.3 is 8.98 Å². The summed E-state index contributed by atoms with van der Waals surface area (Å²) >= 11 is 0. The molecule has 11 rings (SSSR count). The lowest BCUT2D eigenvalue weighted by Crippen LogP contribution is -2.75. The predicted octanol–water partition coefficient (Wildman–Crippen LogP) is 12.1. The molecule has 286 valence electrons. The number of aromatic nitrogens is 1. The van der Waals surface area contributed by atoms with Crippen molar-refractivity contribution in [2.45, 2.75) is 51.4 Å². The lowest BCUT2D eigenvalue weighted by Gasteiger charge is -2.43. The molecule has 2 nitrogen and oxygen atoms in total. The number of furan rings is 1. The summed E-state index contributed by atoms with van der Waals surface area (Å²) in [5.41, 5.74) is 10.8. The van der Waals surface area contributed by atoms with Crippen LogP contribution in [0.1, 0.15) is 51.7 Å². The molecule has 0 saturated heterocycles. The van der Waals surface area contributed by atoms with Gasteiger partial charge in [0.05, 0.1) is 11.0 Å². The number of para-hydroxylation sites is 4. The quantitative estimate of drug-likeness (QED) is 0.121. The van der Waals surface area contributed by atoms with Gasteiger partial charge in [0.1, 0.15) is 11.2 Å². The van der Waals surface area contributed by atoms with Gasteiger partial charge in [-0.2, -0.15) is 0 Å². The van der Waals surface area contributed by atoms with Crippen LogP contribution in [-0.2, 0) is 10.8 Å². The maximum atomic E-state index is 6.68. The Morgan fingerprint density at radius 3 is 1.75 bits per heavy atom. The van der Waals surface area contributed by atoms with E-state index in [1.54, 1.807) is 0 Å². The summed E-state index contributed by atoms with van der Waals surface area (Å²) in [6, 6.07) is 70.5. The number of hydrogen-bond acceptors (Lipinski definition) is 1. The molecule has 10 aromatic rings. The first-order chi connectivity index (χ1) is 28.8. The molecule has 0 atom stereocenters. The highest BCUT2D eigenvalue weighted by Gasteiger charge is 2.44. The maximum absolute atomic E-state index is 6.68. The number of hydrogen-bond donors (Lipinski definition) is 0. The van der Waals surface area contributed by atoms with Crippen molar-refractivity contribution in [1.29, 1.82) is 0 Å². The van der Waals surface area contributed by atoms with E-state index in [0.29, 0.717) is 0 Å². The minimum atomic E-state index is -2.91. The predicted molar refractivity (Wildman–Crippen MR) is 252 cm³/mol. The van der Waals surface area contributed by atoms with E-state index >= 15 is 0 Å². The van der Waals surface area contributed by atoms with E-state index < -0.39 is 8.07 Å². The van der Waals surface area contributed by atoms with Crippen LogP contribution in [0, 0.1) is 0 Å². The highest BCUT2D eigenvalue weighted by molar-refractivity contribution is 7.20. The van der Waals surface area contributed by atoms with E-state index in [-0.39, 0.29) is 10.8 Å². The van der Waals surface area contributed by atoms with Gasteiger partial charge in [0.2, 0.25) is 0 Å². The zero-order valence-electron chi connectivity index (χ0n) is 34.2. The molecule has 0 saturated carbocycles. The van der Waals surface area contributed by atoms with Crippen LogP contribution in [0.2, 0.25) is 0 Å². The van der Waals surface area contributed by atoms with Gasteiger partial charge in [-0.15, -0.1) is 0 Å². The first kappa shape index (κ1) is 35.7. The topological polar surface area (TPSA) is 18.1 Å². The summed E-state index contributed by atoms with van der Waals surface area (Å²) < 4.78 is 9.19.